The number of urea groups is 1. The lowest BCUT2D eigenvalue weighted by Crippen LogP contribution is -2.20. The van der Waals surface area contributed by atoms with Crippen molar-refractivity contribution in [3.8, 4) is 22.4 Å². The van der Waals surface area contributed by atoms with Gasteiger partial charge in [-0.05, 0) is 54.1 Å². The Balaban J connectivity index is 1.49. The number of amides is 2. The number of halogens is 1. The van der Waals surface area contributed by atoms with Crippen molar-refractivity contribution in [1.29, 1.82) is 0 Å². The van der Waals surface area contributed by atoms with Crippen LogP contribution in [0.25, 0.3) is 33.4 Å². The Hall–Kier alpha value is -4.71. The minimum Gasteiger partial charge on any atom is -0.308 e. The molecule has 0 atom stereocenters. The molecule has 36 heavy (non-hydrogen) atoms. The van der Waals surface area contributed by atoms with Gasteiger partial charge in [-0.2, -0.15) is 10.2 Å². The number of carbonyl (C=O) groups is 1. The number of hydrogen-bond donors (Lipinski definition) is 3. The van der Waals surface area contributed by atoms with Crippen molar-refractivity contribution in [3.05, 3.63) is 78.9 Å². The van der Waals surface area contributed by atoms with E-state index >= 15 is 0 Å². The molecule has 10 nitrogen and oxygen atoms in total. The molecule has 0 aliphatic carbocycles. The molecule has 0 saturated carbocycles. The van der Waals surface area contributed by atoms with E-state index in [0.29, 0.717) is 33.4 Å². The van der Waals surface area contributed by atoms with E-state index in [1.165, 1.54) is 24.4 Å². The topological polar surface area (TPSA) is 143 Å². The highest BCUT2D eigenvalue weighted by Gasteiger charge is 2.15. The van der Waals surface area contributed by atoms with E-state index in [2.05, 4.69) is 36.0 Å². The molecule has 0 aliphatic heterocycles. The van der Waals surface area contributed by atoms with Gasteiger partial charge >= 0.3 is 6.03 Å². The predicted octanol–water partition coefficient (Wildman–Crippen LogP) is 4.27. The number of aromatic amines is 1. The van der Waals surface area contributed by atoms with Crippen LogP contribution in [0, 0.1) is 5.82 Å². The van der Waals surface area contributed by atoms with E-state index in [0.717, 1.165) is 6.26 Å². The summed E-state index contributed by atoms with van der Waals surface area (Å²) in [5, 5.41) is 20.2. The van der Waals surface area contributed by atoms with Crippen molar-refractivity contribution >= 4 is 38.4 Å². The number of hydrogen-bond acceptors (Lipinski definition) is 7. The van der Waals surface area contributed by atoms with Gasteiger partial charge in [-0.15, -0.1) is 5.10 Å². The van der Waals surface area contributed by atoms with Crippen LogP contribution in [0.15, 0.2) is 78.0 Å². The van der Waals surface area contributed by atoms with Gasteiger partial charge in [-0.1, -0.05) is 12.1 Å². The van der Waals surface area contributed by atoms with Crippen molar-refractivity contribution in [1.82, 2.24) is 25.4 Å². The predicted molar refractivity (Wildman–Crippen MR) is 133 cm³/mol. The van der Waals surface area contributed by atoms with Crippen molar-refractivity contribution in [2.45, 2.75) is 4.90 Å². The maximum atomic E-state index is 14.5. The van der Waals surface area contributed by atoms with Crippen molar-refractivity contribution < 1.29 is 17.6 Å². The van der Waals surface area contributed by atoms with Gasteiger partial charge in [0.15, 0.2) is 21.3 Å². The molecule has 3 aromatic heterocycles. The van der Waals surface area contributed by atoms with Gasteiger partial charge in [-0.3, -0.25) is 10.4 Å². The summed E-state index contributed by atoms with van der Waals surface area (Å²) in [5.74, 6) is -0.341. The van der Waals surface area contributed by atoms with Crippen LogP contribution in [0.3, 0.4) is 0 Å². The molecule has 0 unspecified atom stereocenters. The fourth-order valence-corrected chi connectivity index (χ4v) is 4.30. The number of carbonyl (C=O) groups excluding carboxylic acids is 1. The van der Waals surface area contributed by atoms with Crippen LogP contribution in [0.5, 0.6) is 0 Å². The maximum Gasteiger partial charge on any atom is 0.324 e. The number of H-pyrrole nitrogens is 1. The average molecular weight is 504 g/mol. The third-order valence-corrected chi connectivity index (χ3v) is 6.37. The van der Waals surface area contributed by atoms with Crippen molar-refractivity contribution in [2.24, 2.45) is 0 Å². The third-order valence-electron chi connectivity index (χ3n) is 5.25. The summed E-state index contributed by atoms with van der Waals surface area (Å²) in [7, 11) is -3.38. The Morgan fingerprint density at radius 2 is 1.83 bits per heavy atom. The molecule has 3 heterocycles. The maximum absolute atomic E-state index is 14.5. The standard InChI is InChI=1S/C24H18FN7O3S/c1-36(34,35)19-5-2-4-14(10-19)16-11-20-22(31-32-23(20)26-13-16)15-8-17(25)12-18(9-15)28-24(33)29-21-6-3-7-27-30-21/h2-13H,1H3,(H,26,31,32)(H2,28,29,30,33). The van der Waals surface area contributed by atoms with Crippen molar-refractivity contribution in [3.63, 3.8) is 0 Å². The molecule has 0 bridgehead atoms. The van der Waals surface area contributed by atoms with Gasteiger partial charge in [0.2, 0.25) is 0 Å². The van der Waals surface area contributed by atoms with Gasteiger partial charge in [0.25, 0.3) is 0 Å². The van der Waals surface area contributed by atoms with Gasteiger partial charge < -0.3 is 5.32 Å². The highest BCUT2D eigenvalue weighted by Crippen LogP contribution is 2.31. The molecule has 0 radical (unpaired) electrons. The van der Waals surface area contributed by atoms with E-state index in [4.69, 9.17) is 0 Å². The van der Waals surface area contributed by atoms with Crippen molar-refractivity contribution in [2.75, 3.05) is 16.9 Å². The number of nitrogens with one attached hydrogen (secondary N) is 3. The van der Waals surface area contributed by atoms with Crippen LogP contribution in [-0.2, 0) is 9.84 Å². The van der Waals surface area contributed by atoms with E-state index in [1.54, 1.807) is 48.7 Å². The number of rotatable bonds is 5. The molecule has 5 rings (SSSR count). The highest BCUT2D eigenvalue weighted by molar-refractivity contribution is 7.90. The Morgan fingerprint density at radius 1 is 0.972 bits per heavy atom. The van der Waals surface area contributed by atoms with Gasteiger partial charge in [0.1, 0.15) is 11.5 Å². The molecular formula is C24H18FN7O3S. The number of fused-ring (bicyclic) bond motifs is 1. The number of nitrogens with zero attached hydrogens (tertiary/aromatic N) is 4. The average Bonchev–Trinajstić information content (AvgIpc) is 3.27. The molecule has 0 fully saturated rings. The first kappa shape index (κ1) is 23.1. The Morgan fingerprint density at radius 3 is 2.61 bits per heavy atom. The first-order valence-corrected chi connectivity index (χ1v) is 12.5. The lowest BCUT2D eigenvalue weighted by molar-refractivity contribution is 0.262. The summed E-state index contributed by atoms with van der Waals surface area (Å²) in [6, 6.07) is 14.9. The Kier molecular flexibility index (Phi) is 5.86. The van der Waals surface area contributed by atoms with Crippen LogP contribution in [0.2, 0.25) is 0 Å². The van der Waals surface area contributed by atoms with E-state index in [9.17, 15) is 17.6 Å². The molecule has 0 saturated heterocycles. The summed E-state index contributed by atoms with van der Waals surface area (Å²) in [4.78, 5) is 16.9. The molecule has 0 spiro atoms. The summed E-state index contributed by atoms with van der Waals surface area (Å²) in [5.41, 5.74) is 2.80. The largest absolute Gasteiger partial charge is 0.324 e. The molecule has 2 amide bonds. The molecule has 5 aromatic rings. The number of benzene rings is 2. The zero-order valence-corrected chi connectivity index (χ0v) is 19.5. The SMILES string of the molecule is CS(=O)(=O)c1cccc(-c2cnc3[nH]nc(-c4cc(F)cc(NC(=O)Nc5cccnn5)c4)c3c2)c1. The van der Waals surface area contributed by atoms with Crippen LogP contribution >= 0.6 is 0 Å². The normalized spacial score (nSPS) is 11.4. The lowest BCUT2D eigenvalue weighted by Gasteiger charge is -2.09. The first-order chi connectivity index (χ1) is 17.3. The van der Waals surface area contributed by atoms with Gasteiger partial charge in [0, 0.05) is 40.8 Å². The highest BCUT2D eigenvalue weighted by atomic mass is 32.2. The number of aromatic nitrogens is 5. The summed E-state index contributed by atoms with van der Waals surface area (Å²) in [6.45, 7) is 0. The molecular weight excluding hydrogens is 485 g/mol. The van der Waals surface area contributed by atoms with Crippen LogP contribution in [0.1, 0.15) is 0 Å². The lowest BCUT2D eigenvalue weighted by atomic mass is 10.0. The van der Waals surface area contributed by atoms with Crippen LogP contribution < -0.4 is 10.6 Å². The quantitative estimate of drug-likeness (QED) is 0.325. The van der Waals surface area contributed by atoms with Crippen LogP contribution in [0.4, 0.5) is 20.7 Å². The van der Waals surface area contributed by atoms with E-state index in [1.807, 2.05) is 0 Å². The molecule has 0 aliphatic rings. The Labute approximate surface area is 204 Å². The van der Waals surface area contributed by atoms with Crippen LogP contribution in [-0.4, -0.2) is 46.1 Å². The minimum absolute atomic E-state index is 0.188. The second kappa shape index (κ2) is 9.15. The fourth-order valence-electron chi connectivity index (χ4n) is 3.63. The van der Waals surface area contributed by atoms with E-state index < -0.39 is 21.7 Å². The zero-order valence-electron chi connectivity index (χ0n) is 18.7. The number of sulfone groups is 1. The second-order valence-corrected chi connectivity index (χ2v) is 9.92. The minimum atomic E-state index is -3.38. The third kappa shape index (κ3) is 4.88. The number of anilines is 2. The zero-order chi connectivity index (χ0) is 25.3. The monoisotopic (exact) mass is 503 g/mol. The summed E-state index contributed by atoms with van der Waals surface area (Å²) >= 11 is 0. The first-order valence-electron chi connectivity index (χ1n) is 10.6. The van der Waals surface area contributed by atoms with Gasteiger partial charge in [0.05, 0.1) is 4.90 Å². The second-order valence-electron chi connectivity index (χ2n) is 7.91. The molecule has 12 heteroatoms. The summed E-state index contributed by atoms with van der Waals surface area (Å²) < 4.78 is 38.4. The van der Waals surface area contributed by atoms with Gasteiger partial charge in [-0.25, -0.2) is 22.6 Å². The molecule has 3 N–H and O–H groups in total. The smallest absolute Gasteiger partial charge is 0.308 e. The molecule has 2 aromatic carbocycles. The number of pyridine rings is 1. The van der Waals surface area contributed by atoms with E-state index in [-0.39, 0.29) is 16.4 Å². The molecule has 180 valence electrons. The Bertz CT molecular complexity index is 1710. The summed E-state index contributed by atoms with van der Waals surface area (Å²) in [6.07, 6.45) is 4.21. The fraction of sp³-hybridized carbons (Fsp3) is 0.0417.